The summed E-state index contributed by atoms with van der Waals surface area (Å²) in [5.41, 5.74) is 3.01. The van der Waals surface area contributed by atoms with Gasteiger partial charge >= 0.3 is 0 Å². The molecule has 0 fully saturated rings. The maximum Gasteiger partial charge on any atom is 0.159 e. The van der Waals surface area contributed by atoms with Gasteiger partial charge in [-0.05, 0) is 54.8 Å². The number of nitrogens with zero attached hydrogens (tertiary/aromatic N) is 2. The van der Waals surface area contributed by atoms with Crippen molar-refractivity contribution in [1.82, 2.24) is 9.97 Å². The summed E-state index contributed by atoms with van der Waals surface area (Å²) < 4.78 is 17.0. The van der Waals surface area contributed by atoms with Gasteiger partial charge in [-0.25, -0.2) is 9.97 Å². The highest BCUT2D eigenvalue weighted by Gasteiger charge is 2.07. The van der Waals surface area contributed by atoms with Crippen LogP contribution in [0.5, 0.6) is 11.5 Å². The zero-order valence-electron chi connectivity index (χ0n) is 20.8. The van der Waals surface area contributed by atoms with E-state index in [0.717, 1.165) is 47.6 Å². The predicted molar refractivity (Wildman–Crippen MR) is 138 cm³/mol. The maximum absolute atomic E-state index is 5.88. The van der Waals surface area contributed by atoms with E-state index in [1.54, 1.807) is 7.11 Å². The molecule has 1 aromatic heterocycles. The normalized spacial score (nSPS) is 11.9. The quantitative estimate of drug-likeness (QED) is 0.221. The summed E-state index contributed by atoms with van der Waals surface area (Å²) in [5.74, 6) is 2.42. The van der Waals surface area contributed by atoms with E-state index in [9.17, 15) is 0 Å². The first kappa shape index (κ1) is 25.7. The van der Waals surface area contributed by atoms with E-state index in [0.29, 0.717) is 12.4 Å². The highest BCUT2D eigenvalue weighted by atomic mass is 16.5. The van der Waals surface area contributed by atoms with Crippen LogP contribution in [-0.4, -0.2) is 36.4 Å². The van der Waals surface area contributed by atoms with E-state index in [4.69, 9.17) is 14.2 Å². The predicted octanol–water partition coefficient (Wildman–Crippen LogP) is 7.35. The Hall–Kier alpha value is -2.92. The van der Waals surface area contributed by atoms with E-state index in [2.05, 4.69) is 35.9 Å². The van der Waals surface area contributed by atoms with Gasteiger partial charge in [0.1, 0.15) is 18.1 Å². The molecule has 0 bridgehead atoms. The van der Waals surface area contributed by atoms with Gasteiger partial charge in [-0.3, -0.25) is 0 Å². The van der Waals surface area contributed by atoms with Crippen LogP contribution in [0.15, 0.2) is 60.9 Å². The number of ether oxygens (including phenoxy) is 3. The van der Waals surface area contributed by atoms with Gasteiger partial charge in [-0.2, -0.15) is 0 Å². The third-order valence-corrected chi connectivity index (χ3v) is 5.94. The Labute approximate surface area is 204 Å². The molecule has 0 aliphatic heterocycles. The van der Waals surface area contributed by atoms with Gasteiger partial charge in [-0.1, -0.05) is 58.1 Å². The summed E-state index contributed by atoms with van der Waals surface area (Å²) in [6.07, 6.45) is 12.4. The number of hydrogen-bond acceptors (Lipinski definition) is 5. The summed E-state index contributed by atoms with van der Waals surface area (Å²) in [6, 6.07) is 16.0. The lowest BCUT2D eigenvalue weighted by molar-refractivity contribution is 0.0556. The minimum atomic E-state index is 0.108. The second-order valence-electron chi connectivity index (χ2n) is 8.54. The fraction of sp³-hybridized carbons (Fsp3) is 0.448. The van der Waals surface area contributed by atoms with Crippen molar-refractivity contribution in [3.05, 3.63) is 60.9 Å². The summed E-state index contributed by atoms with van der Waals surface area (Å²) in [4.78, 5) is 9.13. The topological polar surface area (TPSA) is 53.5 Å². The largest absolute Gasteiger partial charge is 0.494 e. The molecule has 0 spiro atoms. The smallest absolute Gasteiger partial charge is 0.159 e. The van der Waals surface area contributed by atoms with Crippen LogP contribution < -0.4 is 9.47 Å². The molecular formula is C29H38N2O3. The van der Waals surface area contributed by atoms with Crippen LogP contribution in [0, 0.1) is 0 Å². The lowest BCUT2D eigenvalue weighted by atomic mass is 10.1. The molecule has 0 aliphatic carbocycles. The van der Waals surface area contributed by atoms with Crippen molar-refractivity contribution in [2.75, 3.05) is 20.3 Å². The van der Waals surface area contributed by atoms with E-state index in [1.807, 2.05) is 48.8 Å². The van der Waals surface area contributed by atoms with Crippen LogP contribution in [0.2, 0.25) is 0 Å². The molecular weight excluding hydrogens is 424 g/mol. The Balaban J connectivity index is 1.49. The Morgan fingerprint density at radius 2 is 1.26 bits per heavy atom. The summed E-state index contributed by atoms with van der Waals surface area (Å²) in [5, 5.41) is 0. The Morgan fingerprint density at radius 3 is 1.88 bits per heavy atom. The Morgan fingerprint density at radius 1 is 0.676 bits per heavy atom. The van der Waals surface area contributed by atoms with Crippen molar-refractivity contribution >= 4 is 0 Å². The van der Waals surface area contributed by atoms with Gasteiger partial charge < -0.3 is 14.2 Å². The molecule has 2 aromatic carbocycles. The fourth-order valence-electron chi connectivity index (χ4n) is 3.68. The third-order valence-electron chi connectivity index (χ3n) is 5.94. The van der Waals surface area contributed by atoms with Gasteiger partial charge in [0.25, 0.3) is 0 Å². The monoisotopic (exact) mass is 462 g/mol. The molecule has 0 unspecified atom stereocenters. The fourth-order valence-corrected chi connectivity index (χ4v) is 3.68. The van der Waals surface area contributed by atoms with Crippen LogP contribution >= 0.6 is 0 Å². The molecule has 3 rings (SSSR count). The molecule has 0 saturated carbocycles. The SMILES string of the molecule is CCCCCCCCOc1ccc(-c2cnc(-c3ccc(OC[C@H](CC)OC)cc3)nc2)cc1. The third kappa shape index (κ3) is 8.14. The van der Waals surface area contributed by atoms with Crippen molar-refractivity contribution in [2.45, 2.75) is 64.9 Å². The van der Waals surface area contributed by atoms with Crippen LogP contribution in [0.3, 0.4) is 0 Å². The lowest BCUT2D eigenvalue weighted by Gasteiger charge is -2.14. The maximum atomic E-state index is 5.88. The number of unbranched alkanes of at least 4 members (excludes halogenated alkanes) is 5. The first-order chi connectivity index (χ1) is 16.7. The second kappa shape index (κ2) is 14.4. The molecule has 1 heterocycles. The molecule has 182 valence electrons. The number of rotatable bonds is 15. The average molecular weight is 463 g/mol. The van der Waals surface area contributed by atoms with E-state index < -0.39 is 0 Å². The van der Waals surface area contributed by atoms with Crippen LogP contribution in [0.25, 0.3) is 22.5 Å². The van der Waals surface area contributed by atoms with Crippen LogP contribution in [0.4, 0.5) is 0 Å². The molecule has 34 heavy (non-hydrogen) atoms. The second-order valence-corrected chi connectivity index (χ2v) is 8.54. The van der Waals surface area contributed by atoms with Crippen molar-refractivity contribution in [3.8, 4) is 34.0 Å². The number of methoxy groups -OCH3 is 1. The molecule has 5 heteroatoms. The minimum Gasteiger partial charge on any atom is -0.494 e. The molecule has 0 radical (unpaired) electrons. The zero-order chi connectivity index (χ0) is 24.0. The highest BCUT2D eigenvalue weighted by Crippen LogP contribution is 2.24. The molecule has 5 nitrogen and oxygen atoms in total. The van der Waals surface area contributed by atoms with Gasteiger partial charge in [0.05, 0.1) is 12.7 Å². The van der Waals surface area contributed by atoms with Crippen molar-refractivity contribution in [2.24, 2.45) is 0 Å². The van der Waals surface area contributed by atoms with Gasteiger partial charge in [0.2, 0.25) is 0 Å². The van der Waals surface area contributed by atoms with Gasteiger partial charge in [-0.15, -0.1) is 0 Å². The average Bonchev–Trinajstić information content (AvgIpc) is 2.90. The number of hydrogen-bond donors (Lipinski definition) is 0. The Kier molecular flexibility index (Phi) is 10.9. The molecule has 0 saturated heterocycles. The van der Waals surface area contributed by atoms with Gasteiger partial charge in [0, 0.05) is 30.6 Å². The highest BCUT2D eigenvalue weighted by molar-refractivity contribution is 5.64. The van der Waals surface area contributed by atoms with E-state index in [1.165, 1.54) is 32.1 Å². The first-order valence-electron chi connectivity index (χ1n) is 12.5. The van der Waals surface area contributed by atoms with Gasteiger partial charge in [0.15, 0.2) is 5.82 Å². The standard InChI is InChI=1S/C29H38N2O3/c1-4-6-7-8-9-10-19-33-27-15-11-23(12-16-27)25-20-30-29(31-21-25)24-13-17-28(18-14-24)34-22-26(5-2)32-3/h11-18,20-21,26H,4-10,19,22H2,1-3H3/t26-/m0/s1. The Bertz CT molecular complexity index is 937. The van der Waals surface area contributed by atoms with E-state index in [-0.39, 0.29) is 6.10 Å². The van der Waals surface area contributed by atoms with Crippen LogP contribution in [0.1, 0.15) is 58.8 Å². The zero-order valence-corrected chi connectivity index (χ0v) is 20.8. The van der Waals surface area contributed by atoms with Crippen molar-refractivity contribution in [3.63, 3.8) is 0 Å². The van der Waals surface area contributed by atoms with Crippen molar-refractivity contribution in [1.29, 1.82) is 0 Å². The molecule has 3 aromatic rings. The van der Waals surface area contributed by atoms with E-state index >= 15 is 0 Å². The number of aromatic nitrogens is 2. The summed E-state index contributed by atoms with van der Waals surface area (Å²) >= 11 is 0. The van der Waals surface area contributed by atoms with Crippen molar-refractivity contribution < 1.29 is 14.2 Å². The number of benzene rings is 2. The molecule has 0 aliphatic rings. The molecule has 1 atom stereocenters. The minimum absolute atomic E-state index is 0.108. The molecule has 0 N–H and O–H groups in total. The first-order valence-corrected chi connectivity index (χ1v) is 12.5. The summed E-state index contributed by atoms with van der Waals surface area (Å²) in [7, 11) is 1.71. The lowest BCUT2D eigenvalue weighted by Crippen LogP contribution is -2.18. The van der Waals surface area contributed by atoms with Crippen LogP contribution in [-0.2, 0) is 4.74 Å². The summed E-state index contributed by atoms with van der Waals surface area (Å²) in [6.45, 7) is 5.65. The molecule has 0 amide bonds.